The third kappa shape index (κ3) is 4.27. The average molecular weight is 420 g/mol. The number of rotatable bonds is 6. The summed E-state index contributed by atoms with van der Waals surface area (Å²) in [5.41, 5.74) is 1.28. The van der Waals surface area contributed by atoms with Crippen molar-refractivity contribution >= 4 is 27.7 Å². The summed E-state index contributed by atoms with van der Waals surface area (Å²) in [5.74, 6) is 2.58. The maximum Gasteiger partial charge on any atom is 0.227 e. The third-order valence-corrected chi connectivity index (χ3v) is 5.44. The van der Waals surface area contributed by atoms with Gasteiger partial charge in [-0.05, 0) is 46.1 Å². The van der Waals surface area contributed by atoms with Gasteiger partial charge in [-0.15, -0.1) is 0 Å². The molecule has 1 fully saturated rings. The molecule has 7 heteroatoms. The van der Waals surface area contributed by atoms with E-state index in [4.69, 9.17) is 4.74 Å². The van der Waals surface area contributed by atoms with E-state index in [-0.39, 0.29) is 0 Å². The van der Waals surface area contributed by atoms with Crippen LogP contribution >= 0.6 is 15.9 Å². The number of hydrogen-bond acceptors (Lipinski definition) is 6. The lowest BCUT2D eigenvalue weighted by Gasteiger charge is -2.26. The molecule has 0 amide bonds. The largest absolute Gasteiger partial charge is 0.496 e. The zero-order valence-corrected chi connectivity index (χ0v) is 17.4. The highest BCUT2D eigenvalue weighted by Gasteiger charge is 2.27. The van der Waals surface area contributed by atoms with Crippen molar-refractivity contribution in [3.05, 3.63) is 40.5 Å². The van der Waals surface area contributed by atoms with E-state index in [1.165, 1.54) is 5.56 Å². The molecule has 0 bridgehead atoms. The minimum atomic E-state index is 0.425. The van der Waals surface area contributed by atoms with E-state index < -0.39 is 0 Å². The van der Waals surface area contributed by atoms with E-state index >= 15 is 0 Å². The summed E-state index contributed by atoms with van der Waals surface area (Å²) in [4.78, 5) is 15.8. The monoisotopic (exact) mass is 419 g/mol. The predicted octanol–water partition coefficient (Wildman–Crippen LogP) is 3.02. The Labute approximate surface area is 163 Å². The average Bonchev–Trinajstić information content (AvgIpc) is 3.10. The number of methoxy groups -OCH3 is 1. The number of likely N-dealkylation sites (N-methyl/N-ethyl adjacent to an activating group) is 1. The Hall–Kier alpha value is -1.86. The fourth-order valence-electron chi connectivity index (χ4n) is 3.26. The van der Waals surface area contributed by atoms with Crippen molar-refractivity contribution in [2.75, 3.05) is 51.1 Å². The normalized spacial score (nSPS) is 17.3. The quantitative estimate of drug-likeness (QED) is 0.716. The number of aromatic nitrogens is 2. The van der Waals surface area contributed by atoms with E-state index in [0.29, 0.717) is 6.04 Å². The summed E-state index contributed by atoms with van der Waals surface area (Å²) in [6, 6.07) is 8.64. The first-order valence-electron chi connectivity index (χ1n) is 8.76. The first-order valence-corrected chi connectivity index (χ1v) is 9.55. The molecule has 1 aliphatic heterocycles. The minimum absolute atomic E-state index is 0.425. The van der Waals surface area contributed by atoms with Gasteiger partial charge in [0, 0.05) is 53.0 Å². The molecule has 2 aromatic rings. The molecule has 0 spiro atoms. The summed E-state index contributed by atoms with van der Waals surface area (Å²) in [6.45, 7) is 3.02. The first-order chi connectivity index (χ1) is 12.5. The van der Waals surface area contributed by atoms with Gasteiger partial charge in [0.25, 0.3) is 0 Å². The molecule has 0 aliphatic carbocycles. The van der Waals surface area contributed by atoms with Crippen LogP contribution in [0.1, 0.15) is 12.0 Å². The fourth-order valence-corrected chi connectivity index (χ4v) is 3.85. The number of likely N-dealkylation sites (tertiary alicyclic amines) is 1. The van der Waals surface area contributed by atoms with E-state index in [2.05, 4.69) is 54.9 Å². The lowest BCUT2D eigenvalue weighted by molar-refractivity contribution is 0.325. The van der Waals surface area contributed by atoms with Crippen molar-refractivity contribution in [3.63, 3.8) is 0 Å². The lowest BCUT2D eigenvalue weighted by Crippen LogP contribution is -2.35. The number of halogens is 1. The van der Waals surface area contributed by atoms with Crippen LogP contribution in [-0.4, -0.2) is 62.3 Å². The van der Waals surface area contributed by atoms with Crippen molar-refractivity contribution in [2.45, 2.75) is 19.0 Å². The molecular weight excluding hydrogens is 394 g/mol. The number of hydrogen-bond donors (Lipinski definition) is 0. The Balaban J connectivity index is 1.63. The summed E-state index contributed by atoms with van der Waals surface area (Å²) in [7, 11) is 7.77. The molecule has 0 N–H and O–H groups in total. The smallest absolute Gasteiger partial charge is 0.227 e. The molecule has 1 saturated heterocycles. The maximum atomic E-state index is 5.31. The summed E-state index contributed by atoms with van der Waals surface area (Å²) < 4.78 is 6.31. The van der Waals surface area contributed by atoms with Gasteiger partial charge in [0.15, 0.2) is 0 Å². The second-order valence-electron chi connectivity index (χ2n) is 6.87. The van der Waals surface area contributed by atoms with Gasteiger partial charge in [0.05, 0.1) is 11.6 Å². The molecule has 2 heterocycles. The summed E-state index contributed by atoms with van der Waals surface area (Å²) in [6.07, 6.45) is 2.94. The SMILES string of the molecule is COc1ccc(CN2CCC(N(C)c3nccc(N(C)C)n3)C2)cc1Br. The van der Waals surface area contributed by atoms with E-state index in [0.717, 1.165) is 48.0 Å². The van der Waals surface area contributed by atoms with E-state index in [1.54, 1.807) is 7.11 Å². The van der Waals surface area contributed by atoms with Crippen molar-refractivity contribution < 1.29 is 4.74 Å². The van der Waals surface area contributed by atoms with Gasteiger partial charge in [0.2, 0.25) is 5.95 Å². The number of nitrogens with zero attached hydrogens (tertiary/aromatic N) is 5. The van der Waals surface area contributed by atoms with Crippen molar-refractivity contribution in [2.24, 2.45) is 0 Å². The molecule has 0 radical (unpaired) electrons. The van der Waals surface area contributed by atoms with Crippen LogP contribution < -0.4 is 14.5 Å². The molecule has 1 aromatic carbocycles. The Kier molecular flexibility index (Phi) is 5.98. The topological polar surface area (TPSA) is 44.7 Å². The highest BCUT2D eigenvalue weighted by atomic mass is 79.9. The number of anilines is 2. The second-order valence-corrected chi connectivity index (χ2v) is 7.72. The van der Waals surface area contributed by atoms with Crippen molar-refractivity contribution in [1.82, 2.24) is 14.9 Å². The maximum absolute atomic E-state index is 5.31. The Morgan fingerprint density at radius 3 is 2.77 bits per heavy atom. The van der Waals surface area contributed by atoms with Crippen LogP contribution in [0.2, 0.25) is 0 Å². The van der Waals surface area contributed by atoms with E-state index in [9.17, 15) is 0 Å². The van der Waals surface area contributed by atoms with Crippen LogP contribution in [0.3, 0.4) is 0 Å². The fraction of sp³-hybridized carbons (Fsp3) is 0.474. The first kappa shape index (κ1) is 18.9. The third-order valence-electron chi connectivity index (χ3n) is 4.82. The van der Waals surface area contributed by atoms with Gasteiger partial charge in [-0.3, -0.25) is 4.90 Å². The van der Waals surface area contributed by atoms with Gasteiger partial charge in [-0.1, -0.05) is 6.07 Å². The Bertz CT molecular complexity index is 754. The standard InChI is InChI=1S/C19H26BrN5O/c1-23(2)18-7-9-21-19(22-18)24(3)15-8-10-25(13-15)12-14-5-6-17(26-4)16(20)11-14/h5-7,9,11,15H,8,10,12-13H2,1-4H3. The van der Waals surface area contributed by atoms with Gasteiger partial charge >= 0.3 is 0 Å². The van der Waals surface area contributed by atoms with Crippen LogP contribution in [-0.2, 0) is 6.54 Å². The second kappa shape index (κ2) is 8.22. The van der Waals surface area contributed by atoms with Crippen LogP contribution in [0.25, 0.3) is 0 Å². The molecule has 3 rings (SSSR count). The zero-order valence-electron chi connectivity index (χ0n) is 15.8. The number of ether oxygens (including phenoxy) is 1. The molecule has 0 saturated carbocycles. The summed E-state index contributed by atoms with van der Waals surface area (Å²) in [5, 5.41) is 0. The highest BCUT2D eigenvalue weighted by molar-refractivity contribution is 9.10. The Morgan fingerprint density at radius 2 is 2.08 bits per heavy atom. The summed E-state index contributed by atoms with van der Waals surface area (Å²) >= 11 is 3.57. The molecular formula is C19H26BrN5O. The van der Waals surface area contributed by atoms with Crippen molar-refractivity contribution in [1.29, 1.82) is 0 Å². The molecule has 6 nitrogen and oxygen atoms in total. The van der Waals surface area contributed by atoms with Crippen molar-refractivity contribution in [3.8, 4) is 5.75 Å². The lowest BCUT2D eigenvalue weighted by atomic mass is 10.2. The molecule has 1 aromatic heterocycles. The van der Waals surface area contributed by atoms with Crippen LogP contribution in [0, 0.1) is 0 Å². The highest BCUT2D eigenvalue weighted by Crippen LogP contribution is 2.27. The zero-order chi connectivity index (χ0) is 18.7. The van der Waals surface area contributed by atoms with Gasteiger partial charge in [-0.25, -0.2) is 4.98 Å². The molecule has 1 atom stereocenters. The Morgan fingerprint density at radius 1 is 1.27 bits per heavy atom. The predicted molar refractivity (Wildman–Crippen MR) is 109 cm³/mol. The van der Waals surface area contributed by atoms with Gasteiger partial charge in [0.1, 0.15) is 11.6 Å². The molecule has 26 heavy (non-hydrogen) atoms. The van der Waals surface area contributed by atoms with Crippen LogP contribution in [0.4, 0.5) is 11.8 Å². The van der Waals surface area contributed by atoms with Gasteiger partial charge in [-0.2, -0.15) is 4.98 Å². The van der Waals surface area contributed by atoms with Crippen LogP contribution in [0.5, 0.6) is 5.75 Å². The minimum Gasteiger partial charge on any atom is -0.496 e. The van der Waals surface area contributed by atoms with E-state index in [1.807, 2.05) is 37.3 Å². The van der Waals surface area contributed by atoms with Crippen LogP contribution in [0.15, 0.2) is 34.9 Å². The molecule has 1 unspecified atom stereocenters. The molecule has 140 valence electrons. The molecule has 1 aliphatic rings. The van der Waals surface area contributed by atoms with Gasteiger partial charge < -0.3 is 14.5 Å². The number of benzene rings is 1.